The molecule has 2 heterocycles. The summed E-state index contributed by atoms with van der Waals surface area (Å²) in [6, 6.07) is 18.4. The molecule has 0 aliphatic carbocycles. The maximum Gasteiger partial charge on any atom is 0.148 e. The number of hydrogen-bond donors (Lipinski definition) is 0. The van der Waals surface area contributed by atoms with Crippen LogP contribution in [0.25, 0.3) is 0 Å². The Kier molecular flexibility index (Phi) is 8.23. The molecule has 0 bridgehead atoms. The molecule has 4 aromatic rings. The number of nitrogens with zero attached hydrogens (tertiary/aromatic N) is 2. The zero-order valence-corrected chi connectivity index (χ0v) is 21.0. The molecule has 2 atom stereocenters. The van der Waals surface area contributed by atoms with Crippen LogP contribution in [0.5, 0.6) is 0 Å². The van der Waals surface area contributed by atoms with E-state index in [-0.39, 0.29) is 5.78 Å². The fourth-order valence-electron chi connectivity index (χ4n) is 4.00. The van der Waals surface area contributed by atoms with Gasteiger partial charge in [0.25, 0.3) is 0 Å². The third kappa shape index (κ3) is 6.37. The average molecular weight is 530 g/mol. The molecule has 34 heavy (non-hydrogen) atoms. The summed E-state index contributed by atoms with van der Waals surface area (Å²) >= 11 is 24.6. The van der Waals surface area contributed by atoms with Crippen molar-refractivity contribution >= 4 is 52.2 Å². The standard InChI is InChI=1S/C27H20Cl4N2O/c28-21-5-1-19(2-6-21)25(11-17-9-23(30)15-32-13-17)27(34)26(20-3-7-22(29)8-4-20)12-18-10-24(31)16-33-14-18/h1-10,13-16,25-26H,11-12H2. The summed E-state index contributed by atoms with van der Waals surface area (Å²) < 4.78 is 0. The SMILES string of the molecule is O=C(C(Cc1cncc(Cl)c1)c1ccc(Cl)cc1)C(Cc1cncc(Cl)c1)c1ccc(Cl)cc1. The Balaban J connectivity index is 1.76. The van der Waals surface area contributed by atoms with Crippen molar-refractivity contribution in [1.82, 2.24) is 9.97 Å². The van der Waals surface area contributed by atoms with Gasteiger partial charge >= 0.3 is 0 Å². The monoisotopic (exact) mass is 528 g/mol. The lowest BCUT2D eigenvalue weighted by Gasteiger charge is -2.24. The van der Waals surface area contributed by atoms with Crippen molar-refractivity contribution in [2.24, 2.45) is 0 Å². The van der Waals surface area contributed by atoms with E-state index < -0.39 is 11.8 Å². The Bertz CT molecular complexity index is 1180. The van der Waals surface area contributed by atoms with Crippen LogP contribution in [-0.4, -0.2) is 15.8 Å². The van der Waals surface area contributed by atoms with Crippen LogP contribution in [-0.2, 0) is 17.6 Å². The van der Waals surface area contributed by atoms with Gasteiger partial charge in [0.1, 0.15) is 5.78 Å². The third-order valence-corrected chi connectivity index (χ3v) is 6.55. The summed E-state index contributed by atoms with van der Waals surface area (Å²) in [4.78, 5) is 22.6. The molecule has 7 heteroatoms. The van der Waals surface area contributed by atoms with E-state index in [4.69, 9.17) is 46.4 Å². The first-order valence-corrected chi connectivity index (χ1v) is 12.1. The van der Waals surface area contributed by atoms with Gasteiger partial charge in [-0.1, -0.05) is 70.7 Å². The Labute approximate surface area is 218 Å². The molecule has 3 nitrogen and oxygen atoms in total. The Morgan fingerprint density at radius 1 is 0.588 bits per heavy atom. The van der Waals surface area contributed by atoms with Gasteiger partial charge in [0.15, 0.2) is 0 Å². The van der Waals surface area contributed by atoms with E-state index in [1.54, 1.807) is 49.1 Å². The number of aromatic nitrogens is 2. The topological polar surface area (TPSA) is 42.9 Å². The van der Waals surface area contributed by atoms with Crippen molar-refractivity contribution < 1.29 is 4.79 Å². The van der Waals surface area contributed by atoms with Crippen LogP contribution in [0.4, 0.5) is 0 Å². The van der Waals surface area contributed by atoms with Crippen molar-refractivity contribution in [2.75, 3.05) is 0 Å². The molecule has 0 N–H and O–H groups in total. The molecule has 0 saturated heterocycles. The highest BCUT2D eigenvalue weighted by Crippen LogP contribution is 2.33. The predicted octanol–water partition coefficient (Wildman–Crippen LogP) is 8.01. The van der Waals surface area contributed by atoms with Crippen molar-refractivity contribution in [3.8, 4) is 0 Å². The predicted molar refractivity (Wildman–Crippen MR) is 139 cm³/mol. The molecule has 0 spiro atoms. The van der Waals surface area contributed by atoms with E-state index in [1.165, 1.54) is 0 Å². The van der Waals surface area contributed by atoms with Crippen LogP contribution >= 0.6 is 46.4 Å². The minimum Gasteiger partial charge on any atom is -0.298 e. The molecule has 2 aromatic carbocycles. The molecule has 2 aromatic heterocycles. The van der Waals surface area contributed by atoms with Crippen LogP contribution in [0.1, 0.15) is 34.1 Å². The van der Waals surface area contributed by atoms with Crippen molar-refractivity contribution in [3.05, 3.63) is 128 Å². The van der Waals surface area contributed by atoms with Gasteiger partial charge in [-0.05, 0) is 71.5 Å². The highest BCUT2D eigenvalue weighted by molar-refractivity contribution is 6.31. The number of hydrogen-bond acceptors (Lipinski definition) is 3. The zero-order chi connectivity index (χ0) is 24.1. The van der Waals surface area contributed by atoms with Gasteiger partial charge in [0.05, 0.1) is 10.0 Å². The van der Waals surface area contributed by atoms with Crippen LogP contribution < -0.4 is 0 Å². The van der Waals surface area contributed by atoms with Gasteiger partial charge in [0, 0.05) is 46.7 Å². The summed E-state index contributed by atoms with van der Waals surface area (Å²) in [6.07, 6.45) is 7.53. The maximum atomic E-state index is 14.2. The first-order chi connectivity index (χ1) is 16.4. The second kappa shape index (κ2) is 11.3. The smallest absolute Gasteiger partial charge is 0.148 e. The van der Waals surface area contributed by atoms with Crippen molar-refractivity contribution in [3.63, 3.8) is 0 Å². The zero-order valence-electron chi connectivity index (χ0n) is 18.0. The quantitative estimate of drug-likeness (QED) is 0.232. The van der Waals surface area contributed by atoms with Crippen LogP contribution in [0.2, 0.25) is 20.1 Å². The molecule has 2 unspecified atom stereocenters. The van der Waals surface area contributed by atoms with Gasteiger partial charge in [-0.25, -0.2) is 0 Å². The molecule has 0 amide bonds. The molecule has 4 rings (SSSR count). The minimum absolute atomic E-state index is 0.0598. The second-order valence-electron chi connectivity index (χ2n) is 8.04. The van der Waals surface area contributed by atoms with Crippen molar-refractivity contribution in [2.45, 2.75) is 24.7 Å². The molecule has 0 aliphatic heterocycles. The second-order valence-corrected chi connectivity index (χ2v) is 9.79. The van der Waals surface area contributed by atoms with Crippen LogP contribution in [0, 0.1) is 0 Å². The van der Waals surface area contributed by atoms with E-state index in [0.717, 1.165) is 22.3 Å². The minimum atomic E-state index is -0.439. The summed E-state index contributed by atoms with van der Waals surface area (Å²) in [5.41, 5.74) is 3.50. The number of pyridine rings is 2. The Morgan fingerprint density at radius 3 is 1.32 bits per heavy atom. The summed E-state index contributed by atoms with van der Waals surface area (Å²) in [7, 11) is 0. The van der Waals surface area contributed by atoms with E-state index in [0.29, 0.717) is 32.9 Å². The first-order valence-electron chi connectivity index (χ1n) is 10.6. The molecule has 0 aliphatic rings. The lowest BCUT2D eigenvalue weighted by atomic mass is 9.78. The van der Waals surface area contributed by atoms with E-state index in [2.05, 4.69) is 9.97 Å². The number of halogens is 4. The van der Waals surface area contributed by atoms with E-state index in [1.807, 2.05) is 36.4 Å². The van der Waals surface area contributed by atoms with Gasteiger partial charge in [-0.2, -0.15) is 0 Å². The van der Waals surface area contributed by atoms with Gasteiger partial charge in [-0.15, -0.1) is 0 Å². The number of ketones is 1. The lowest BCUT2D eigenvalue weighted by Crippen LogP contribution is -2.24. The normalized spacial score (nSPS) is 12.8. The van der Waals surface area contributed by atoms with Crippen molar-refractivity contribution in [1.29, 1.82) is 0 Å². The van der Waals surface area contributed by atoms with Gasteiger partial charge in [-0.3, -0.25) is 14.8 Å². The summed E-state index contributed by atoms with van der Waals surface area (Å²) in [5, 5.41) is 2.27. The third-order valence-electron chi connectivity index (χ3n) is 5.63. The van der Waals surface area contributed by atoms with Gasteiger partial charge < -0.3 is 0 Å². The van der Waals surface area contributed by atoms with E-state index in [9.17, 15) is 4.79 Å². The molecular weight excluding hydrogens is 510 g/mol. The maximum absolute atomic E-state index is 14.2. The average Bonchev–Trinajstić information content (AvgIpc) is 2.82. The fraction of sp³-hybridized carbons (Fsp3) is 0.148. The number of carbonyl (C=O) groups excluding carboxylic acids is 1. The first kappa shape index (κ1) is 24.7. The molecular formula is C27H20Cl4N2O. The molecule has 0 radical (unpaired) electrons. The highest BCUT2D eigenvalue weighted by atomic mass is 35.5. The van der Waals surface area contributed by atoms with Crippen LogP contribution in [0.15, 0.2) is 85.5 Å². The molecule has 172 valence electrons. The number of Topliss-reactive ketones (excluding diaryl/α,β-unsaturated/α-hetero) is 1. The largest absolute Gasteiger partial charge is 0.298 e. The highest BCUT2D eigenvalue weighted by Gasteiger charge is 2.30. The number of benzene rings is 2. The fourth-order valence-corrected chi connectivity index (χ4v) is 4.65. The number of carbonyl (C=O) groups is 1. The molecule has 0 saturated carbocycles. The Hall–Kier alpha value is -2.43. The summed E-state index contributed by atoms with van der Waals surface area (Å²) in [5.74, 6) is -0.819. The van der Waals surface area contributed by atoms with Crippen LogP contribution in [0.3, 0.4) is 0 Å². The number of rotatable bonds is 8. The Morgan fingerprint density at radius 2 is 0.971 bits per heavy atom. The summed E-state index contributed by atoms with van der Waals surface area (Å²) in [6.45, 7) is 0. The van der Waals surface area contributed by atoms with E-state index >= 15 is 0 Å². The lowest BCUT2D eigenvalue weighted by molar-refractivity contribution is -0.122. The van der Waals surface area contributed by atoms with Gasteiger partial charge in [0.2, 0.25) is 0 Å². The molecule has 0 fully saturated rings.